The minimum absolute atomic E-state index is 0.0440. The summed E-state index contributed by atoms with van der Waals surface area (Å²) in [6.07, 6.45) is 0. The summed E-state index contributed by atoms with van der Waals surface area (Å²) in [5.41, 5.74) is 9.84. The van der Waals surface area contributed by atoms with Crippen molar-refractivity contribution >= 4 is 11.6 Å². The molecule has 1 aromatic heterocycles. The molecule has 0 aliphatic rings. The van der Waals surface area contributed by atoms with E-state index in [2.05, 4.69) is 9.97 Å². The Morgan fingerprint density at radius 1 is 1.10 bits per heavy atom. The van der Waals surface area contributed by atoms with Crippen LogP contribution < -0.4 is 5.73 Å². The summed E-state index contributed by atoms with van der Waals surface area (Å²) in [7, 11) is 0. The molecule has 0 fully saturated rings. The molecule has 2 N–H and O–H groups in total. The maximum absolute atomic E-state index is 11.3. The first-order valence-electron chi connectivity index (χ1n) is 6.18. The van der Waals surface area contributed by atoms with Gasteiger partial charge in [0.25, 0.3) is 0 Å². The van der Waals surface area contributed by atoms with Gasteiger partial charge in [-0.05, 0) is 38.8 Å². The standard InChI is InChI=1S/C14H16N4O2/c1-7-5-8(2)11(9(3)6-7)12-13(18(19)20)10(4)16-14(15)17-12/h5-6H,1-4H3,(H2,15,16,17). The summed E-state index contributed by atoms with van der Waals surface area (Å²) >= 11 is 0. The Morgan fingerprint density at radius 2 is 1.65 bits per heavy atom. The van der Waals surface area contributed by atoms with E-state index in [-0.39, 0.29) is 23.0 Å². The Morgan fingerprint density at radius 3 is 2.15 bits per heavy atom. The van der Waals surface area contributed by atoms with Gasteiger partial charge in [-0.2, -0.15) is 0 Å². The third kappa shape index (κ3) is 2.32. The zero-order valence-electron chi connectivity index (χ0n) is 11.9. The molecule has 20 heavy (non-hydrogen) atoms. The van der Waals surface area contributed by atoms with Crippen LogP contribution in [-0.2, 0) is 0 Å². The number of nitrogens with zero attached hydrogens (tertiary/aromatic N) is 3. The van der Waals surface area contributed by atoms with Crippen LogP contribution in [0.1, 0.15) is 22.4 Å². The van der Waals surface area contributed by atoms with Gasteiger partial charge in [0.15, 0.2) is 5.69 Å². The predicted octanol–water partition coefficient (Wildman–Crippen LogP) is 2.87. The Hall–Kier alpha value is -2.50. The molecule has 0 unspecified atom stereocenters. The molecule has 0 aliphatic heterocycles. The predicted molar refractivity (Wildman–Crippen MR) is 77.5 cm³/mol. The van der Waals surface area contributed by atoms with E-state index in [4.69, 9.17) is 5.73 Å². The van der Waals surface area contributed by atoms with Crippen molar-refractivity contribution in [2.45, 2.75) is 27.7 Å². The number of hydrogen-bond donors (Lipinski definition) is 1. The van der Waals surface area contributed by atoms with Crippen LogP contribution in [0, 0.1) is 37.8 Å². The van der Waals surface area contributed by atoms with Crippen molar-refractivity contribution in [2.75, 3.05) is 5.73 Å². The maximum atomic E-state index is 11.3. The maximum Gasteiger partial charge on any atom is 0.316 e. The number of anilines is 1. The first-order valence-corrected chi connectivity index (χ1v) is 6.18. The first-order chi connectivity index (χ1) is 9.31. The number of nitrogens with two attached hydrogens (primary N) is 1. The molecule has 1 heterocycles. The number of aryl methyl sites for hydroxylation is 4. The van der Waals surface area contributed by atoms with Crippen LogP contribution in [0.15, 0.2) is 12.1 Å². The second kappa shape index (κ2) is 4.88. The Kier molecular flexibility index (Phi) is 3.40. The fraction of sp³-hybridized carbons (Fsp3) is 0.286. The van der Waals surface area contributed by atoms with E-state index < -0.39 is 4.92 Å². The molecule has 0 spiro atoms. The van der Waals surface area contributed by atoms with Crippen molar-refractivity contribution in [1.29, 1.82) is 0 Å². The van der Waals surface area contributed by atoms with Crippen LogP contribution in [0.5, 0.6) is 0 Å². The molecule has 0 atom stereocenters. The van der Waals surface area contributed by atoms with Gasteiger partial charge in [0.2, 0.25) is 5.95 Å². The zero-order valence-corrected chi connectivity index (χ0v) is 11.9. The monoisotopic (exact) mass is 272 g/mol. The molecule has 2 aromatic rings. The fourth-order valence-corrected chi connectivity index (χ4v) is 2.54. The summed E-state index contributed by atoms with van der Waals surface area (Å²) in [6.45, 7) is 7.37. The van der Waals surface area contributed by atoms with Gasteiger partial charge in [-0.25, -0.2) is 9.97 Å². The number of nitrogen functional groups attached to an aromatic ring is 1. The van der Waals surface area contributed by atoms with Crippen molar-refractivity contribution in [3.8, 4) is 11.3 Å². The van der Waals surface area contributed by atoms with Gasteiger partial charge in [-0.3, -0.25) is 10.1 Å². The third-order valence-corrected chi connectivity index (χ3v) is 3.17. The van der Waals surface area contributed by atoms with Crippen LogP contribution >= 0.6 is 0 Å². The largest absolute Gasteiger partial charge is 0.368 e. The van der Waals surface area contributed by atoms with E-state index in [9.17, 15) is 10.1 Å². The van der Waals surface area contributed by atoms with Gasteiger partial charge in [0, 0.05) is 5.56 Å². The molecule has 0 saturated carbocycles. The van der Waals surface area contributed by atoms with Crippen molar-refractivity contribution in [3.05, 3.63) is 44.6 Å². The Bertz CT molecular complexity index is 688. The highest BCUT2D eigenvalue weighted by Crippen LogP contribution is 2.35. The lowest BCUT2D eigenvalue weighted by Gasteiger charge is -2.12. The molecule has 104 valence electrons. The minimum Gasteiger partial charge on any atom is -0.368 e. The molecule has 0 amide bonds. The lowest BCUT2D eigenvalue weighted by molar-refractivity contribution is -0.385. The van der Waals surface area contributed by atoms with Crippen LogP contribution in [0.25, 0.3) is 11.3 Å². The molecule has 2 rings (SSSR count). The SMILES string of the molecule is Cc1cc(C)c(-c2nc(N)nc(C)c2[N+](=O)[O-])c(C)c1. The van der Waals surface area contributed by atoms with Crippen LogP contribution in [0.3, 0.4) is 0 Å². The molecule has 1 aromatic carbocycles. The van der Waals surface area contributed by atoms with E-state index in [0.29, 0.717) is 0 Å². The molecule has 0 aliphatic carbocycles. The van der Waals surface area contributed by atoms with E-state index in [1.54, 1.807) is 6.92 Å². The number of aromatic nitrogens is 2. The summed E-state index contributed by atoms with van der Waals surface area (Å²) in [6, 6.07) is 3.94. The molecular formula is C14H16N4O2. The summed E-state index contributed by atoms with van der Waals surface area (Å²) < 4.78 is 0. The second-order valence-corrected chi connectivity index (χ2v) is 4.90. The van der Waals surface area contributed by atoms with Crippen molar-refractivity contribution in [2.24, 2.45) is 0 Å². The first kappa shape index (κ1) is 13.9. The van der Waals surface area contributed by atoms with Crippen LogP contribution in [0.2, 0.25) is 0 Å². The van der Waals surface area contributed by atoms with Crippen molar-refractivity contribution in [3.63, 3.8) is 0 Å². The zero-order chi connectivity index (χ0) is 15.0. The van der Waals surface area contributed by atoms with E-state index in [1.165, 1.54) is 0 Å². The van der Waals surface area contributed by atoms with E-state index in [1.807, 2.05) is 32.9 Å². The smallest absolute Gasteiger partial charge is 0.316 e. The van der Waals surface area contributed by atoms with Gasteiger partial charge in [-0.15, -0.1) is 0 Å². The van der Waals surface area contributed by atoms with Crippen molar-refractivity contribution < 1.29 is 4.92 Å². The molecule has 6 heteroatoms. The average Bonchev–Trinajstić information content (AvgIpc) is 2.25. The number of rotatable bonds is 2. The highest BCUT2D eigenvalue weighted by molar-refractivity contribution is 5.77. The molecule has 0 saturated heterocycles. The normalized spacial score (nSPS) is 10.6. The lowest BCUT2D eigenvalue weighted by Crippen LogP contribution is -2.06. The van der Waals surface area contributed by atoms with Crippen LogP contribution in [-0.4, -0.2) is 14.9 Å². The van der Waals surface area contributed by atoms with Gasteiger partial charge in [0.05, 0.1) is 4.92 Å². The molecular weight excluding hydrogens is 256 g/mol. The Labute approximate surface area is 116 Å². The number of nitro groups is 1. The molecule has 0 bridgehead atoms. The number of hydrogen-bond acceptors (Lipinski definition) is 5. The highest BCUT2D eigenvalue weighted by Gasteiger charge is 2.24. The van der Waals surface area contributed by atoms with Gasteiger partial charge in [0.1, 0.15) is 5.69 Å². The van der Waals surface area contributed by atoms with Gasteiger partial charge in [-0.1, -0.05) is 17.7 Å². The van der Waals surface area contributed by atoms with Crippen LogP contribution in [0.4, 0.5) is 11.6 Å². The van der Waals surface area contributed by atoms with Gasteiger partial charge < -0.3 is 5.73 Å². The molecule has 6 nitrogen and oxygen atoms in total. The summed E-state index contributed by atoms with van der Waals surface area (Å²) in [5, 5.41) is 11.3. The van der Waals surface area contributed by atoms with E-state index in [0.717, 1.165) is 22.3 Å². The van der Waals surface area contributed by atoms with Gasteiger partial charge >= 0.3 is 5.69 Å². The summed E-state index contributed by atoms with van der Waals surface area (Å²) in [4.78, 5) is 18.8. The topological polar surface area (TPSA) is 94.9 Å². The lowest BCUT2D eigenvalue weighted by atomic mass is 9.96. The fourth-order valence-electron chi connectivity index (χ4n) is 2.54. The molecule has 0 radical (unpaired) electrons. The summed E-state index contributed by atoms with van der Waals surface area (Å²) in [5.74, 6) is 0.0440. The second-order valence-electron chi connectivity index (χ2n) is 4.90. The minimum atomic E-state index is -0.456. The highest BCUT2D eigenvalue weighted by atomic mass is 16.6. The third-order valence-electron chi connectivity index (χ3n) is 3.17. The number of benzene rings is 1. The Balaban J connectivity index is 2.86. The average molecular weight is 272 g/mol. The quantitative estimate of drug-likeness (QED) is 0.670. The van der Waals surface area contributed by atoms with E-state index >= 15 is 0 Å². The van der Waals surface area contributed by atoms with Crippen molar-refractivity contribution in [1.82, 2.24) is 9.97 Å².